The van der Waals surface area contributed by atoms with Crippen molar-refractivity contribution in [1.29, 1.82) is 0 Å². The van der Waals surface area contributed by atoms with Crippen LogP contribution in [-0.2, 0) is 16.1 Å². The summed E-state index contributed by atoms with van der Waals surface area (Å²) in [5, 5.41) is 4.91. The highest BCUT2D eigenvalue weighted by Gasteiger charge is 2.28. The van der Waals surface area contributed by atoms with Crippen LogP contribution in [0, 0.1) is 6.92 Å². The summed E-state index contributed by atoms with van der Waals surface area (Å²) in [7, 11) is 0. The number of benzene rings is 2. The van der Waals surface area contributed by atoms with Crippen LogP contribution in [0.4, 0.5) is 5.00 Å². The lowest BCUT2D eigenvalue weighted by molar-refractivity contribution is 0.0506. The van der Waals surface area contributed by atoms with E-state index < -0.39 is 17.8 Å². The summed E-state index contributed by atoms with van der Waals surface area (Å²) in [6.07, 6.45) is 0.636. The Morgan fingerprint density at radius 2 is 1.73 bits per heavy atom. The Hall–Kier alpha value is -4.11. The molecule has 0 atom stereocenters. The van der Waals surface area contributed by atoms with Crippen LogP contribution in [0.3, 0.4) is 0 Å². The molecule has 0 saturated carbocycles. The Labute approximate surface area is 218 Å². The highest BCUT2D eigenvalue weighted by molar-refractivity contribution is 7.18. The monoisotopic (exact) mass is 521 g/mol. The Balaban J connectivity index is 1.51. The van der Waals surface area contributed by atoms with E-state index in [0.717, 1.165) is 22.1 Å². The number of carbonyl (C=O) groups excluding carboxylic acids is 3. The second-order valence-corrected chi connectivity index (χ2v) is 9.12. The molecule has 0 bridgehead atoms. The second-order valence-electron chi connectivity index (χ2n) is 8.10. The summed E-state index contributed by atoms with van der Waals surface area (Å²) in [6.45, 7) is 5.72. The number of thiophene rings is 1. The van der Waals surface area contributed by atoms with Gasteiger partial charge >= 0.3 is 11.9 Å². The molecule has 1 amide bonds. The van der Waals surface area contributed by atoms with Crippen LogP contribution in [0.15, 0.2) is 59.0 Å². The minimum absolute atomic E-state index is 0.0353. The van der Waals surface area contributed by atoms with Crippen LogP contribution in [0.5, 0.6) is 5.75 Å². The third-order valence-corrected chi connectivity index (χ3v) is 6.67. The van der Waals surface area contributed by atoms with Crippen molar-refractivity contribution in [3.05, 3.63) is 82.1 Å². The largest absolute Gasteiger partial charge is 0.485 e. The first-order valence-electron chi connectivity index (χ1n) is 11.9. The van der Waals surface area contributed by atoms with E-state index in [9.17, 15) is 14.4 Å². The zero-order chi connectivity index (χ0) is 26.4. The maximum absolute atomic E-state index is 13.0. The van der Waals surface area contributed by atoms with Gasteiger partial charge in [-0.15, -0.1) is 11.3 Å². The average molecular weight is 522 g/mol. The number of carbonyl (C=O) groups is 3. The summed E-state index contributed by atoms with van der Waals surface area (Å²) in [5.74, 6) is -0.566. The van der Waals surface area contributed by atoms with Crippen molar-refractivity contribution in [2.24, 2.45) is 0 Å². The molecule has 2 aromatic carbocycles. The molecule has 0 spiro atoms. The Morgan fingerprint density at radius 1 is 0.946 bits per heavy atom. The highest BCUT2D eigenvalue weighted by atomic mass is 32.1. The number of furan rings is 1. The molecule has 9 heteroatoms. The topological polar surface area (TPSA) is 104 Å². The number of nitrogens with one attached hydrogen (secondary N) is 1. The standard InChI is InChI=1S/C28H27NO7S/c1-4-15-34-27(31)23-17(3)24(28(32)33-5-2)37-26(23)29-25(30)22-14-13-19(36-22)16-35-21-12-8-10-18-9-6-7-11-20(18)21/h6-14H,4-5,15-16H2,1-3H3,(H,29,30). The van der Waals surface area contributed by atoms with E-state index in [4.69, 9.17) is 18.6 Å². The molecule has 2 aromatic heterocycles. The van der Waals surface area contributed by atoms with E-state index in [1.807, 2.05) is 49.4 Å². The van der Waals surface area contributed by atoms with E-state index in [0.29, 0.717) is 23.5 Å². The van der Waals surface area contributed by atoms with Gasteiger partial charge in [-0.3, -0.25) is 4.79 Å². The fraction of sp³-hybridized carbons (Fsp3) is 0.250. The summed E-state index contributed by atoms with van der Waals surface area (Å²) in [4.78, 5) is 38.3. The first kappa shape index (κ1) is 26.0. The molecule has 0 aliphatic heterocycles. The quantitative estimate of drug-likeness (QED) is 0.242. The van der Waals surface area contributed by atoms with Crippen molar-refractivity contribution in [1.82, 2.24) is 0 Å². The first-order valence-corrected chi connectivity index (χ1v) is 12.7. The van der Waals surface area contributed by atoms with E-state index in [2.05, 4.69) is 5.32 Å². The van der Waals surface area contributed by atoms with Gasteiger partial charge in [-0.2, -0.15) is 0 Å². The van der Waals surface area contributed by atoms with Gasteiger partial charge in [0.1, 0.15) is 28.0 Å². The number of hydrogen-bond donors (Lipinski definition) is 1. The number of fused-ring (bicyclic) bond motifs is 1. The minimum Gasteiger partial charge on any atom is -0.485 e. The van der Waals surface area contributed by atoms with Crippen LogP contribution < -0.4 is 10.1 Å². The van der Waals surface area contributed by atoms with Crippen LogP contribution >= 0.6 is 11.3 Å². The maximum atomic E-state index is 13.0. The Morgan fingerprint density at radius 3 is 2.51 bits per heavy atom. The fourth-order valence-electron chi connectivity index (χ4n) is 3.72. The fourth-order valence-corrected chi connectivity index (χ4v) is 4.80. The minimum atomic E-state index is -0.620. The van der Waals surface area contributed by atoms with E-state index in [1.54, 1.807) is 19.9 Å². The average Bonchev–Trinajstić information content (AvgIpc) is 3.50. The molecule has 0 radical (unpaired) electrons. The first-order chi connectivity index (χ1) is 17.9. The molecule has 0 saturated heterocycles. The molecule has 2 heterocycles. The zero-order valence-electron chi connectivity index (χ0n) is 20.8. The van der Waals surface area contributed by atoms with Crippen molar-refractivity contribution in [3.63, 3.8) is 0 Å². The third kappa shape index (κ3) is 5.83. The van der Waals surface area contributed by atoms with Gasteiger partial charge < -0.3 is 23.9 Å². The molecule has 4 aromatic rings. The zero-order valence-corrected chi connectivity index (χ0v) is 21.6. The maximum Gasteiger partial charge on any atom is 0.348 e. The Bertz CT molecular complexity index is 1430. The molecular formula is C28H27NO7S. The lowest BCUT2D eigenvalue weighted by Crippen LogP contribution is -2.14. The van der Waals surface area contributed by atoms with E-state index >= 15 is 0 Å². The lowest BCUT2D eigenvalue weighted by Gasteiger charge is -2.08. The summed E-state index contributed by atoms with van der Waals surface area (Å²) in [6, 6.07) is 16.8. The third-order valence-electron chi connectivity index (χ3n) is 5.48. The van der Waals surface area contributed by atoms with Gasteiger partial charge in [-0.25, -0.2) is 9.59 Å². The van der Waals surface area contributed by atoms with Crippen LogP contribution in [0.25, 0.3) is 10.8 Å². The molecule has 192 valence electrons. The molecular weight excluding hydrogens is 494 g/mol. The van der Waals surface area contributed by atoms with Crippen LogP contribution in [0.1, 0.15) is 62.2 Å². The van der Waals surface area contributed by atoms with Crippen LogP contribution in [-0.4, -0.2) is 31.1 Å². The van der Waals surface area contributed by atoms with Gasteiger partial charge in [0.25, 0.3) is 5.91 Å². The van der Waals surface area contributed by atoms with E-state index in [1.165, 1.54) is 6.07 Å². The predicted molar refractivity (Wildman–Crippen MR) is 141 cm³/mol. The van der Waals surface area contributed by atoms with Crippen molar-refractivity contribution in [3.8, 4) is 5.75 Å². The molecule has 0 aliphatic carbocycles. The molecule has 0 fully saturated rings. The number of amides is 1. The number of hydrogen-bond acceptors (Lipinski definition) is 8. The Kier molecular flexibility index (Phi) is 8.25. The molecule has 1 N–H and O–H groups in total. The summed E-state index contributed by atoms with van der Waals surface area (Å²) in [5.41, 5.74) is 0.518. The van der Waals surface area contributed by atoms with Gasteiger partial charge in [-0.05, 0) is 49.4 Å². The van der Waals surface area contributed by atoms with Gasteiger partial charge in [-0.1, -0.05) is 43.3 Å². The van der Waals surface area contributed by atoms with Crippen molar-refractivity contribution >= 4 is 45.0 Å². The molecule has 4 rings (SSSR count). The molecule has 8 nitrogen and oxygen atoms in total. The van der Waals surface area contributed by atoms with Crippen molar-refractivity contribution in [2.75, 3.05) is 18.5 Å². The lowest BCUT2D eigenvalue weighted by atomic mass is 10.1. The summed E-state index contributed by atoms with van der Waals surface area (Å²) < 4.78 is 22.0. The van der Waals surface area contributed by atoms with Crippen molar-refractivity contribution in [2.45, 2.75) is 33.8 Å². The normalized spacial score (nSPS) is 10.8. The smallest absolute Gasteiger partial charge is 0.348 e. The predicted octanol–water partition coefficient (Wildman–Crippen LogP) is 6.38. The van der Waals surface area contributed by atoms with Gasteiger partial charge in [0, 0.05) is 5.39 Å². The molecule has 0 aliphatic rings. The van der Waals surface area contributed by atoms with Crippen molar-refractivity contribution < 1.29 is 33.0 Å². The molecule has 37 heavy (non-hydrogen) atoms. The number of esters is 2. The van der Waals surface area contributed by atoms with Crippen LogP contribution in [0.2, 0.25) is 0 Å². The SMILES string of the molecule is CCCOC(=O)c1c(NC(=O)c2ccc(COc3cccc4ccccc34)o2)sc(C(=O)OCC)c1C. The molecule has 0 unspecified atom stereocenters. The number of rotatable bonds is 10. The van der Waals surface area contributed by atoms with Gasteiger partial charge in [0.15, 0.2) is 5.76 Å². The van der Waals surface area contributed by atoms with Gasteiger partial charge in [0.05, 0.1) is 18.8 Å². The number of ether oxygens (including phenoxy) is 3. The van der Waals surface area contributed by atoms with E-state index in [-0.39, 0.29) is 41.0 Å². The second kappa shape index (κ2) is 11.7. The van der Waals surface area contributed by atoms with Gasteiger partial charge in [0.2, 0.25) is 0 Å². The number of anilines is 1. The summed E-state index contributed by atoms with van der Waals surface area (Å²) >= 11 is 0.961. The highest BCUT2D eigenvalue weighted by Crippen LogP contribution is 2.35.